The highest BCUT2D eigenvalue weighted by molar-refractivity contribution is 6.31. The Hall–Kier alpha value is -1.56. The number of nitrogens with zero attached hydrogens (tertiary/aromatic N) is 1. The van der Waals surface area contributed by atoms with E-state index in [1.54, 1.807) is 12.1 Å². The van der Waals surface area contributed by atoms with E-state index in [2.05, 4.69) is 20.8 Å². The van der Waals surface area contributed by atoms with E-state index in [1.165, 1.54) is 0 Å². The maximum atomic E-state index is 12.3. The number of aromatic nitrogens is 2. The molecule has 0 atom stereocenters. The van der Waals surface area contributed by atoms with E-state index in [0.717, 1.165) is 29.8 Å². The monoisotopic (exact) mass is 326 g/mol. The van der Waals surface area contributed by atoms with Crippen molar-refractivity contribution in [3.05, 3.63) is 45.7 Å². The lowest BCUT2D eigenvalue weighted by molar-refractivity contribution is 0.102. The number of hydrogen-bond acceptors (Lipinski definition) is 3. The maximum absolute atomic E-state index is 12.3. The van der Waals surface area contributed by atoms with Crippen LogP contribution in [0.25, 0.3) is 0 Å². The van der Waals surface area contributed by atoms with Gasteiger partial charge in [0, 0.05) is 41.5 Å². The van der Waals surface area contributed by atoms with E-state index < -0.39 is 0 Å². The van der Waals surface area contributed by atoms with Crippen LogP contribution in [0.4, 0.5) is 5.69 Å². The molecule has 0 saturated carbocycles. The summed E-state index contributed by atoms with van der Waals surface area (Å²) in [6.45, 7) is 3.50. The molecule has 1 amide bonds. The minimum atomic E-state index is -0.212. The van der Waals surface area contributed by atoms with E-state index in [1.807, 2.05) is 13.0 Å². The predicted octanol–water partition coefficient (Wildman–Crippen LogP) is 2.69. The first-order valence-corrected chi connectivity index (χ1v) is 6.87. The molecule has 3 N–H and O–H groups in total. The van der Waals surface area contributed by atoms with Crippen molar-refractivity contribution in [2.75, 3.05) is 11.9 Å². The van der Waals surface area contributed by atoms with E-state index in [4.69, 9.17) is 11.6 Å². The molecule has 5 nitrogen and oxygen atoms in total. The van der Waals surface area contributed by atoms with Gasteiger partial charge in [-0.1, -0.05) is 17.7 Å². The molecular formula is C14H16Cl2N4O. The number of carbonyl (C=O) groups is 1. The number of aryl methyl sites for hydroxylation is 1. The van der Waals surface area contributed by atoms with Crippen LogP contribution >= 0.6 is 24.0 Å². The summed E-state index contributed by atoms with van der Waals surface area (Å²) in [5.74, 6) is -0.212. The normalized spacial score (nSPS) is 13.2. The van der Waals surface area contributed by atoms with Crippen LogP contribution in [0.3, 0.4) is 0 Å². The van der Waals surface area contributed by atoms with Gasteiger partial charge in [0.1, 0.15) is 0 Å². The van der Waals surface area contributed by atoms with Gasteiger partial charge in [-0.3, -0.25) is 9.89 Å². The molecular weight excluding hydrogens is 311 g/mol. The van der Waals surface area contributed by atoms with Gasteiger partial charge in [-0.05, 0) is 24.6 Å². The second-order valence-electron chi connectivity index (χ2n) is 4.87. The zero-order chi connectivity index (χ0) is 14.1. The second-order valence-corrected chi connectivity index (χ2v) is 5.31. The lowest BCUT2D eigenvalue weighted by Gasteiger charge is -2.13. The molecule has 0 fully saturated rings. The zero-order valence-electron chi connectivity index (χ0n) is 11.5. The van der Waals surface area contributed by atoms with Gasteiger partial charge in [-0.2, -0.15) is 5.10 Å². The van der Waals surface area contributed by atoms with Gasteiger partial charge in [0.25, 0.3) is 5.91 Å². The molecule has 0 radical (unpaired) electrons. The zero-order valence-corrected chi connectivity index (χ0v) is 13.1. The minimum absolute atomic E-state index is 0. The third kappa shape index (κ3) is 3.20. The third-order valence-electron chi connectivity index (χ3n) is 3.47. The molecule has 7 heteroatoms. The molecule has 1 aromatic carbocycles. The first-order valence-electron chi connectivity index (χ1n) is 6.49. The Labute approximate surface area is 133 Å². The standard InChI is InChI=1S/C14H15ClN4O.ClH/c1-8-2-3-9(15)6-12(8)17-14(20)13-10-7-16-5-4-11(10)18-19-13;/h2-3,6,16H,4-5,7H2,1H3,(H,17,20)(H,18,19);1H. The number of rotatable bonds is 2. The molecule has 3 rings (SSSR count). The molecule has 1 aliphatic heterocycles. The SMILES string of the molecule is Cc1ccc(Cl)cc1NC(=O)c1n[nH]c2c1CNCC2.Cl. The van der Waals surface area contributed by atoms with Crippen LogP contribution in [0, 0.1) is 6.92 Å². The van der Waals surface area contributed by atoms with Gasteiger partial charge < -0.3 is 10.6 Å². The highest BCUT2D eigenvalue weighted by atomic mass is 35.5. The largest absolute Gasteiger partial charge is 0.320 e. The van der Waals surface area contributed by atoms with Crippen molar-refractivity contribution in [2.45, 2.75) is 19.9 Å². The van der Waals surface area contributed by atoms with Gasteiger partial charge in [-0.15, -0.1) is 12.4 Å². The average Bonchev–Trinajstić information content (AvgIpc) is 2.87. The van der Waals surface area contributed by atoms with E-state index in [0.29, 0.717) is 22.9 Å². The number of H-pyrrole nitrogens is 1. The smallest absolute Gasteiger partial charge is 0.276 e. The van der Waals surface area contributed by atoms with Crippen LogP contribution < -0.4 is 10.6 Å². The Morgan fingerprint density at radius 2 is 2.24 bits per heavy atom. The van der Waals surface area contributed by atoms with Crippen LogP contribution in [0.15, 0.2) is 18.2 Å². The molecule has 112 valence electrons. The summed E-state index contributed by atoms with van der Waals surface area (Å²) in [5.41, 5.74) is 4.12. The Morgan fingerprint density at radius 1 is 1.43 bits per heavy atom. The Bertz CT molecular complexity index is 669. The van der Waals surface area contributed by atoms with Crippen molar-refractivity contribution in [3.8, 4) is 0 Å². The number of fused-ring (bicyclic) bond motifs is 1. The summed E-state index contributed by atoms with van der Waals surface area (Å²) in [5, 5.41) is 13.8. The van der Waals surface area contributed by atoms with Crippen molar-refractivity contribution in [3.63, 3.8) is 0 Å². The Kier molecular flexibility index (Phi) is 4.88. The average molecular weight is 327 g/mol. The Balaban J connectivity index is 0.00000161. The quantitative estimate of drug-likeness (QED) is 0.794. The minimum Gasteiger partial charge on any atom is -0.320 e. The van der Waals surface area contributed by atoms with Gasteiger partial charge in [0.2, 0.25) is 0 Å². The van der Waals surface area contributed by atoms with Crippen LogP contribution in [0.1, 0.15) is 27.3 Å². The number of anilines is 1. The fourth-order valence-corrected chi connectivity index (χ4v) is 2.50. The highest BCUT2D eigenvalue weighted by Crippen LogP contribution is 2.22. The Morgan fingerprint density at radius 3 is 3.05 bits per heavy atom. The maximum Gasteiger partial charge on any atom is 0.276 e. The molecule has 1 aliphatic rings. The molecule has 0 bridgehead atoms. The van der Waals surface area contributed by atoms with E-state index >= 15 is 0 Å². The summed E-state index contributed by atoms with van der Waals surface area (Å²) in [6, 6.07) is 5.42. The summed E-state index contributed by atoms with van der Waals surface area (Å²) >= 11 is 5.96. The van der Waals surface area contributed by atoms with Gasteiger partial charge in [0.05, 0.1) is 0 Å². The summed E-state index contributed by atoms with van der Waals surface area (Å²) < 4.78 is 0. The van der Waals surface area contributed by atoms with Crippen molar-refractivity contribution in [1.82, 2.24) is 15.5 Å². The van der Waals surface area contributed by atoms with E-state index in [-0.39, 0.29) is 18.3 Å². The lowest BCUT2D eigenvalue weighted by Crippen LogP contribution is -2.25. The van der Waals surface area contributed by atoms with Crippen molar-refractivity contribution in [2.24, 2.45) is 0 Å². The summed E-state index contributed by atoms with van der Waals surface area (Å²) in [6.07, 6.45) is 0.867. The van der Waals surface area contributed by atoms with Crippen molar-refractivity contribution in [1.29, 1.82) is 0 Å². The number of nitrogens with one attached hydrogen (secondary N) is 3. The number of halogens is 2. The van der Waals surface area contributed by atoms with Crippen LogP contribution in [-0.2, 0) is 13.0 Å². The number of carbonyl (C=O) groups excluding carboxylic acids is 1. The van der Waals surface area contributed by atoms with Crippen molar-refractivity contribution < 1.29 is 4.79 Å². The predicted molar refractivity (Wildman–Crippen MR) is 85.4 cm³/mol. The first kappa shape index (κ1) is 15.8. The molecule has 21 heavy (non-hydrogen) atoms. The highest BCUT2D eigenvalue weighted by Gasteiger charge is 2.21. The first-order chi connectivity index (χ1) is 9.65. The summed E-state index contributed by atoms with van der Waals surface area (Å²) in [4.78, 5) is 12.3. The number of aromatic amines is 1. The van der Waals surface area contributed by atoms with Gasteiger partial charge in [-0.25, -0.2) is 0 Å². The van der Waals surface area contributed by atoms with Gasteiger partial charge in [0.15, 0.2) is 5.69 Å². The second kappa shape index (κ2) is 6.47. The van der Waals surface area contributed by atoms with Crippen molar-refractivity contribution >= 4 is 35.6 Å². The van der Waals surface area contributed by atoms with Gasteiger partial charge >= 0.3 is 0 Å². The van der Waals surface area contributed by atoms with Crippen LogP contribution in [-0.4, -0.2) is 22.6 Å². The lowest BCUT2D eigenvalue weighted by atomic mass is 10.1. The van der Waals surface area contributed by atoms with E-state index in [9.17, 15) is 4.79 Å². The van der Waals surface area contributed by atoms with Crippen LogP contribution in [0.5, 0.6) is 0 Å². The topological polar surface area (TPSA) is 69.8 Å². The number of hydrogen-bond donors (Lipinski definition) is 3. The molecule has 0 spiro atoms. The van der Waals surface area contributed by atoms with Crippen LogP contribution in [0.2, 0.25) is 5.02 Å². The fraction of sp³-hybridized carbons (Fsp3) is 0.286. The molecule has 2 heterocycles. The number of benzene rings is 1. The molecule has 0 aliphatic carbocycles. The molecule has 2 aromatic rings. The fourth-order valence-electron chi connectivity index (χ4n) is 2.32. The molecule has 0 saturated heterocycles. The third-order valence-corrected chi connectivity index (χ3v) is 3.70. The number of amides is 1. The summed E-state index contributed by atoms with van der Waals surface area (Å²) in [7, 11) is 0. The molecule has 0 unspecified atom stereocenters. The molecule has 1 aromatic heterocycles.